The zero-order valence-electron chi connectivity index (χ0n) is 11.2. The minimum atomic E-state index is -0.330. The highest BCUT2D eigenvalue weighted by Crippen LogP contribution is 2.21. The van der Waals surface area contributed by atoms with Gasteiger partial charge in [-0.25, -0.2) is 0 Å². The highest BCUT2D eigenvalue weighted by Gasteiger charge is 2.21. The Morgan fingerprint density at radius 1 is 1.25 bits per heavy atom. The van der Waals surface area contributed by atoms with Crippen molar-refractivity contribution in [3.05, 3.63) is 35.7 Å². The van der Waals surface area contributed by atoms with E-state index in [9.17, 15) is 5.11 Å². The first kappa shape index (κ1) is 12.9. The molecule has 2 heterocycles. The van der Waals surface area contributed by atoms with E-state index in [1.54, 1.807) is 12.1 Å². The standard InChI is InChI=1S/C14H18N4O2/c15-12(9-10-3-5-11(19)6-4-10)13-16-14(17-20-13)18-7-1-2-8-18/h3-6,12,19H,1-2,7-9,15H2/t12-/m1/s1. The Kier molecular flexibility index (Phi) is 3.56. The largest absolute Gasteiger partial charge is 0.508 e. The van der Waals surface area contributed by atoms with E-state index in [0.717, 1.165) is 18.7 Å². The molecule has 1 aromatic carbocycles. The van der Waals surface area contributed by atoms with Crippen LogP contribution in [0.2, 0.25) is 0 Å². The summed E-state index contributed by atoms with van der Waals surface area (Å²) in [4.78, 5) is 6.49. The molecule has 1 saturated heterocycles. The Morgan fingerprint density at radius 2 is 1.95 bits per heavy atom. The maximum absolute atomic E-state index is 9.25. The third-order valence-corrected chi connectivity index (χ3v) is 3.53. The summed E-state index contributed by atoms with van der Waals surface area (Å²) in [5.41, 5.74) is 7.12. The van der Waals surface area contributed by atoms with Gasteiger partial charge in [-0.05, 0) is 42.1 Å². The van der Waals surface area contributed by atoms with Crippen LogP contribution in [0.15, 0.2) is 28.8 Å². The molecule has 2 aromatic rings. The summed E-state index contributed by atoms with van der Waals surface area (Å²) in [7, 11) is 0. The number of hydrogen-bond donors (Lipinski definition) is 2. The Hall–Kier alpha value is -2.08. The topological polar surface area (TPSA) is 88.4 Å². The molecule has 0 bridgehead atoms. The van der Waals surface area contributed by atoms with Gasteiger partial charge in [0.2, 0.25) is 5.89 Å². The van der Waals surface area contributed by atoms with Gasteiger partial charge in [-0.2, -0.15) is 4.98 Å². The van der Waals surface area contributed by atoms with Crippen molar-refractivity contribution in [1.82, 2.24) is 10.1 Å². The van der Waals surface area contributed by atoms with Crippen molar-refractivity contribution < 1.29 is 9.63 Å². The number of phenols is 1. The third kappa shape index (κ3) is 2.75. The van der Waals surface area contributed by atoms with Crippen LogP contribution in [0.1, 0.15) is 30.3 Å². The van der Waals surface area contributed by atoms with E-state index in [-0.39, 0.29) is 11.8 Å². The zero-order chi connectivity index (χ0) is 13.9. The summed E-state index contributed by atoms with van der Waals surface area (Å²) in [6.07, 6.45) is 2.94. The first-order valence-corrected chi connectivity index (χ1v) is 6.84. The van der Waals surface area contributed by atoms with Crippen molar-refractivity contribution in [3.8, 4) is 5.75 Å². The van der Waals surface area contributed by atoms with Crippen LogP contribution >= 0.6 is 0 Å². The van der Waals surface area contributed by atoms with Gasteiger partial charge in [0, 0.05) is 13.1 Å². The van der Waals surface area contributed by atoms with Crippen LogP contribution in [0.3, 0.4) is 0 Å². The summed E-state index contributed by atoms with van der Waals surface area (Å²) in [5.74, 6) is 1.34. The molecular formula is C14H18N4O2. The average molecular weight is 274 g/mol. The van der Waals surface area contributed by atoms with Crippen LogP contribution < -0.4 is 10.6 Å². The van der Waals surface area contributed by atoms with E-state index in [0.29, 0.717) is 18.3 Å². The molecule has 0 amide bonds. The van der Waals surface area contributed by atoms with Crippen molar-refractivity contribution >= 4 is 5.95 Å². The number of benzene rings is 1. The lowest BCUT2D eigenvalue weighted by Crippen LogP contribution is -2.19. The van der Waals surface area contributed by atoms with Crippen LogP contribution in [0.5, 0.6) is 5.75 Å². The monoisotopic (exact) mass is 274 g/mol. The van der Waals surface area contributed by atoms with Gasteiger partial charge in [-0.3, -0.25) is 0 Å². The van der Waals surface area contributed by atoms with E-state index >= 15 is 0 Å². The van der Waals surface area contributed by atoms with Gasteiger partial charge in [0.15, 0.2) is 0 Å². The fraction of sp³-hybridized carbons (Fsp3) is 0.429. The first-order valence-electron chi connectivity index (χ1n) is 6.84. The van der Waals surface area contributed by atoms with Crippen LogP contribution in [0.4, 0.5) is 5.95 Å². The van der Waals surface area contributed by atoms with E-state index < -0.39 is 0 Å². The molecule has 0 spiro atoms. The summed E-state index contributed by atoms with van der Waals surface area (Å²) >= 11 is 0. The summed E-state index contributed by atoms with van der Waals surface area (Å²) < 4.78 is 5.26. The highest BCUT2D eigenvalue weighted by atomic mass is 16.5. The first-order chi connectivity index (χ1) is 9.72. The maximum Gasteiger partial charge on any atom is 0.266 e. The Bertz CT molecular complexity index is 561. The molecule has 1 aliphatic heterocycles. The van der Waals surface area contributed by atoms with Gasteiger partial charge in [0.05, 0.1) is 6.04 Å². The predicted molar refractivity (Wildman–Crippen MR) is 74.5 cm³/mol. The smallest absolute Gasteiger partial charge is 0.266 e. The number of aromatic nitrogens is 2. The van der Waals surface area contributed by atoms with Crippen molar-refractivity contribution in [2.45, 2.75) is 25.3 Å². The molecule has 0 unspecified atom stereocenters. The van der Waals surface area contributed by atoms with Gasteiger partial charge >= 0.3 is 0 Å². The van der Waals surface area contributed by atoms with Gasteiger partial charge in [-0.15, -0.1) is 0 Å². The Morgan fingerprint density at radius 3 is 2.65 bits per heavy atom. The van der Waals surface area contributed by atoms with Gasteiger partial charge in [0.1, 0.15) is 5.75 Å². The van der Waals surface area contributed by atoms with Crippen molar-refractivity contribution in [2.75, 3.05) is 18.0 Å². The second-order valence-corrected chi connectivity index (χ2v) is 5.10. The third-order valence-electron chi connectivity index (χ3n) is 3.53. The van der Waals surface area contributed by atoms with E-state index in [1.165, 1.54) is 12.8 Å². The van der Waals surface area contributed by atoms with Crippen LogP contribution in [0, 0.1) is 0 Å². The predicted octanol–water partition coefficient (Wildman–Crippen LogP) is 1.62. The summed E-state index contributed by atoms with van der Waals surface area (Å²) in [5, 5.41) is 13.2. The Labute approximate surface area is 117 Å². The molecule has 0 radical (unpaired) electrons. The van der Waals surface area contributed by atoms with Gasteiger partial charge < -0.3 is 20.3 Å². The quantitative estimate of drug-likeness (QED) is 0.880. The molecule has 6 nitrogen and oxygen atoms in total. The van der Waals surface area contributed by atoms with E-state index in [2.05, 4.69) is 15.0 Å². The van der Waals surface area contributed by atoms with Crippen molar-refractivity contribution in [2.24, 2.45) is 5.73 Å². The van der Waals surface area contributed by atoms with Crippen molar-refractivity contribution in [3.63, 3.8) is 0 Å². The highest BCUT2D eigenvalue weighted by molar-refractivity contribution is 5.30. The van der Waals surface area contributed by atoms with Crippen LogP contribution in [-0.2, 0) is 6.42 Å². The van der Waals surface area contributed by atoms with Crippen LogP contribution in [-0.4, -0.2) is 28.3 Å². The molecule has 1 aromatic heterocycles. The second-order valence-electron chi connectivity index (χ2n) is 5.10. The van der Waals surface area contributed by atoms with E-state index in [1.807, 2.05) is 12.1 Å². The maximum atomic E-state index is 9.25. The lowest BCUT2D eigenvalue weighted by atomic mass is 10.1. The molecule has 1 fully saturated rings. The molecule has 20 heavy (non-hydrogen) atoms. The summed E-state index contributed by atoms with van der Waals surface area (Å²) in [6.45, 7) is 1.96. The Balaban J connectivity index is 1.67. The van der Waals surface area contributed by atoms with E-state index in [4.69, 9.17) is 10.3 Å². The summed E-state index contributed by atoms with van der Waals surface area (Å²) in [6, 6.07) is 6.64. The number of nitrogens with zero attached hydrogens (tertiary/aromatic N) is 3. The van der Waals surface area contributed by atoms with Crippen molar-refractivity contribution in [1.29, 1.82) is 0 Å². The number of anilines is 1. The van der Waals surface area contributed by atoms with Crippen LogP contribution in [0.25, 0.3) is 0 Å². The number of hydrogen-bond acceptors (Lipinski definition) is 6. The molecule has 1 aliphatic rings. The molecule has 1 atom stereocenters. The SMILES string of the molecule is N[C@H](Cc1ccc(O)cc1)c1nc(N2CCCC2)no1. The minimum absolute atomic E-state index is 0.247. The fourth-order valence-corrected chi connectivity index (χ4v) is 2.40. The zero-order valence-corrected chi connectivity index (χ0v) is 11.2. The van der Waals surface area contributed by atoms with Gasteiger partial charge in [0.25, 0.3) is 5.95 Å². The molecular weight excluding hydrogens is 256 g/mol. The molecule has 6 heteroatoms. The molecule has 3 N–H and O–H groups in total. The number of nitrogens with two attached hydrogens (primary N) is 1. The lowest BCUT2D eigenvalue weighted by Gasteiger charge is -2.10. The lowest BCUT2D eigenvalue weighted by molar-refractivity contribution is 0.353. The normalized spacial score (nSPS) is 16.6. The minimum Gasteiger partial charge on any atom is -0.508 e. The molecule has 3 rings (SSSR count). The second kappa shape index (κ2) is 5.50. The molecule has 106 valence electrons. The van der Waals surface area contributed by atoms with Gasteiger partial charge in [-0.1, -0.05) is 12.1 Å². The number of aromatic hydroxyl groups is 1. The number of rotatable bonds is 4. The molecule has 0 saturated carbocycles. The fourth-order valence-electron chi connectivity index (χ4n) is 2.40. The average Bonchev–Trinajstić information content (AvgIpc) is 3.11. The number of phenolic OH excluding ortho intramolecular Hbond substituents is 1. The molecule has 0 aliphatic carbocycles.